The van der Waals surface area contributed by atoms with Gasteiger partial charge in [0.05, 0.1) is 10.4 Å². The monoisotopic (exact) mass is 269 g/mol. The quantitative estimate of drug-likeness (QED) is 0.750. The largest absolute Gasteiger partial charge is 0.397 e. The van der Waals surface area contributed by atoms with Crippen LogP contribution in [-0.4, -0.2) is 10.9 Å². The first kappa shape index (κ1) is 11.7. The number of thiophene rings is 1. The molecule has 0 aliphatic rings. The van der Waals surface area contributed by atoms with Crippen LogP contribution in [0, 0.1) is 0 Å². The average Bonchev–Trinajstić information content (AvgIpc) is 2.78. The number of carbonyl (C=O) groups excluding carboxylic acids is 1. The molecular weight excluding hydrogens is 258 g/mol. The van der Waals surface area contributed by atoms with Crippen LogP contribution in [0.1, 0.15) is 9.67 Å². The zero-order valence-corrected chi connectivity index (χ0v) is 10.8. The smallest absolute Gasteiger partial charge is 0.260 e. The number of nitrogens with zero attached hydrogens (tertiary/aromatic N) is 1. The number of anilines is 1. The van der Waals surface area contributed by atoms with Gasteiger partial charge in [0.25, 0.3) is 5.91 Å². The number of hydrogen-bond donors (Lipinski definition) is 2. The molecule has 2 heterocycles. The van der Waals surface area contributed by atoms with Crippen molar-refractivity contribution in [2.75, 3.05) is 5.73 Å². The third-order valence-electron chi connectivity index (χ3n) is 2.95. The number of rotatable bonds is 2. The fourth-order valence-corrected chi connectivity index (χ4v) is 3.06. The van der Waals surface area contributed by atoms with Crippen LogP contribution in [0.2, 0.25) is 0 Å². The Morgan fingerprint density at radius 3 is 2.58 bits per heavy atom. The molecule has 19 heavy (non-hydrogen) atoms. The van der Waals surface area contributed by atoms with Crippen molar-refractivity contribution in [1.29, 1.82) is 0 Å². The van der Waals surface area contributed by atoms with Crippen molar-refractivity contribution in [1.82, 2.24) is 4.98 Å². The van der Waals surface area contributed by atoms with E-state index in [2.05, 4.69) is 4.98 Å². The number of primary amides is 1. The summed E-state index contributed by atoms with van der Waals surface area (Å²) in [5.41, 5.74) is 13.8. The van der Waals surface area contributed by atoms with Gasteiger partial charge in [0.2, 0.25) is 0 Å². The summed E-state index contributed by atoms with van der Waals surface area (Å²) in [6.45, 7) is 0. The Morgan fingerprint density at radius 2 is 1.89 bits per heavy atom. The molecule has 0 aliphatic heterocycles. The Balaban J connectivity index is 2.35. The summed E-state index contributed by atoms with van der Waals surface area (Å²) < 4.78 is 0.868. The maximum atomic E-state index is 11.4. The standard InChI is InChI=1S/C14H11N3OS/c15-12-11-9(8-4-2-1-3-5-8)6-17-7-10(11)19-13(12)14(16)18/h1-7H,15H2,(H2,16,18). The molecule has 0 radical (unpaired) electrons. The van der Waals surface area contributed by atoms with Crippen LogP contribution in [0.4, 0.5) is 5.69 Å². The lowest BCUT2D eigenvalue weighted by atomic mass is 10.0. The highest BCUT2D eigenvalue weighted by molar-refractivity contribution is 7.21. The van der Waals surface area contributed by atoms with Gasteiger partial charge in [-0.25, -0.2) is 0 Å². The summed E-state index contributed by atoms with van der Waals surface area (Å²) in [7, 11) is 0. The van der Waals surface area contributed by atoms with Crippen molar-refractivity contribution in [3.63, 3.8) is 0 Å². The van der Waals surface area contributed by atoms with Gasteiger partial charge in [-0.15, -0.1) is 11.3 Å². The molecule has 1 aromatic carbocycles. The van der Waals surface area contributed by atoms with E-state index in [1.165, 1.54) is 11.3 Å². The SMILES string of the molecule is NC(=O)c1sc2cncc(-c3ccccc3)c2c1N. The number of hydrogen-bond acceptors (Lipinski definition) is 4. The molecule has 3 aromatic rings. The molecule has 0 atom stereocenters. The van der Waals surface area contributed by atoms with E-state index in [0.717, 1.165) is 21.2 Å². The number of aromatic nitrogens is 1. The lowest BCUT2D eigenvalue weighted by Crippen LogP contribution is -2.10. The Hall–Kier alpha value is -2.40. The van der Waals surface area contributed by atoms with E-state index in [1.54, 1.807) is 12.4 Å². The van der Waals surface area contributed by atoms with Gasteiger partial charge in [-0.05, 0) is 5.56 Å². The summed E-state index contributed by atoms with van der Waals surface area (Å²) in [5, 5.41) is 0.847. The second-order valence-corrected chi connectivity index (χ2v) is 5.19. The highest BCUT2D eigenvalue weighted by Crippen LogP contribution is 2.39. The Morgan fingerprint density at radius 1 is 1.16 bits per heavy atom. The van der Waals surface area contributed by atoms with E-state index in [0.29, 0.717) is 10.6 Å². The summed E-state index contributed by atoms with van der Waals surface area (Å²) in [6.07, 6.45) is 3.46. The molecule has 0 saturated heterocycles. The molecule has 4 N–H and O–H groups in total. The van der Waals surface area contributed by atoms with Crippen LogP contribution < -0.4 is 11.5 Å². The normalized spacial score (nSPS) is 10.7. The van der Waals surface area contributed by atoms with Gasteiger partial charge in [-0.3, -0.25) is 9.78 Å². The first-order valence-corrected chi connectivity index (χ1v) is 6.51. The molecule has 0 bridgehead atoms. The fourth-order valence-electron chi connectivity index (χ4n) is 2.09. The molecule has 94 valence electrons. The van der Waals surface area contributed by atoms with Gasteiger partial charge in [0.15, 0.2) is 0 Å². The zero-order valence-electron chi connectivity index (χ0n) is 9.96. The summed E-state index contributed by atoms with van der Waals surface area (Å²) in [6, 6.07) is 9.81. The predicted molar refractivity (Wildman–Crippen MR) is 78.0 cm³/mol. The number of pyridine rings is 1. The first-order chi connectivity index (χ1) is 9.18. The Kier molecular flexibility index (Phi) is 2.68. The minimum atomic E-state index is -0.502. The minimum absolute atomic E-state index is 0.389. The number of carbonyl (C=O) groups is 1. The third kappa shape index (κ3) is 1.84. The maximum Gasteiger partial charge on any atom is 0.260 e. The van der Waals surface area contributed by atoms with Gasteiger partial charge >= 0.3 is 0 Å². The van der Waals surface area contributed by atoms with Crippen molar-refractivity contribution < 1.29 is 4.79 Å². The topological polar surface area (TPSA) is 82.0 Å². The van der Waals surface area contributed by atoms with Gasteiger partial charge < -0.3 is 11.5 Å². The van der Waals surface area contributed by atoms with Crippen LogP contribution in [0.5, 0.6) is 0 Å². The van der Waals surface area contributed by atoms with Crippen molar-refractivity contribution in [2.24, 2.45) is 5.73 Å². The van der Waals surface area contributed by atoms with Crippen molar-refractivity contribution in [2.45, 2.75) is 0 Å². The highest BCUT2D eigenvalue weighted by Gasteiger charge is 2.17. The van der Waals surface area contributed by atoms with Crippen LogP contribution in [0.15, 0.2) is 42.7 Å². The molecule has 0 unspecified atom stereocenters. The van der Waals surface area contributed by atoms with E-state index in [1.807, 2.05) is 30.3 Å². The summed E-state index contributed by atoms with van der Waals surface area (Å²) in [5.74, 6) is -0.502. The lowest BCUT2D eigenvalue weighted by Gasteiger charge is -2.04. The third-order valence-corrected chi connectivity index (χ3v) is 4.10. The molecule has 0 saturated carbocycles. The Bertz CT molecular complexity index is 765. The number of benzene rings is 1. The molecule has 4 nitrogen and oxygen atoms in total. The van der Waals surface area contributed by atoms with Crippen molar-refractivity contribution >= 4 is 33.0 Å². The van der Waals surface area contributed by atoms with E-state index >= 15 is 0 Å². The molecular formula is C14H11N3OS. The molecule has 0 fully saturated rings. The summed E-state index contributed by atoms with van der Waals surface area (Å²) in [4.78, 5) is 16.0. The predicted octanol–water partition coefficient (Wildman–Crippen LogP) is 2.64. The first-order valence-electron chi connectivity index (χ1n) is 5.69. The molecule has 3 rings (SSSR count). The highest BCUT2D eigenvalue weighted by atomic mass is 32.1. The summed E-state index contributed by atoms with van der Waals surface area (Å²) >= 11 is 1.28. The van der Waals surface area contributed by atoms with Crippen LogP contribution in [0.3, 0.4) is 0 Å². The molecule has 1 amide bonds. The fraction of sp³-hybridized carbons (Fsp3) is 0. The second-order valence-electron chi connectivity index (χ2n) is 4.14. The maximum absolute atomic E-state index is 11.4. The van der Waals surface area contributed by atoms with Crippen LogP contribution in [-0.2, 0) is 0 Å². The van der Waals surface area contributed by atoms with Gasteiger partial charge in [0, 0.05) is 23.3 Å². The van der Waals surface area contributed by atoms with E-state index in [4.69, 9.17) is 11.5 Å². The average molecular weight is 269 g/mol. The minimum Gasteiger partial charge on any atom is -0.397 e. The number of amides is 1. The van der Waals surface area contributed by atoms with Crippen LogP contribution >= 0.6 is 11.3 Å². The Labute approximate surface area is 113 Å². The van der Waals surface area contributed by atoms with Gasteiger partial charge in [-0.1, -0.05) is 30.3 Å². The van der Waals surface area contributed by atoms with Gasteiger partial charge in [-0.2, -0.15) is 0 Å². The van der Waals surface area contributed by atoms with Gasteiger partial charge in [0.1, 0.15) is 4.88 Å². The second kappa shape index (κ2) is 4.37. The van der Waals surface area contributed by atoms with Crippen molar-refractivity contribution in [3.05, 3.63) is 47.6 Å². The molecule has 5 heteroatoms. The number of fused-ring (bicyclic) bond motifs is 1. The molecule has 0 aliphatic carbocycles. The molecule has 0 spiro atoms. The lowest BCUT2D eigenvalue weighted by molar-refractivity contribution is 0.100. The van der Waals surface area contributed by atoms with E-state index in [9.17, 15) is 4.79 Å². The zero-order chi connectivity index (χ0) is 13.4. The van der Waals surface area contributed by atoms with Crippen LogP contribution in [0.25, 0.3) is 21.2 Å². The number of nitrogens with two attached hydrogens (primary N) is 2. The molecule has 2 aromatic heterocycles. The number of nitrogen functional groups attached to an aromatic ring is 1. The van der Waals surface area contributed by atoms with E-state index < -0.39 is 5.91 Å². The van der Waals surface area contributed by atoms with Crippen molar-refractivity contribution in [3.8, 4) is 11.1 Å². The van der Waals surface area contributed by atoms with E-state index in [-0.39, 0.29) is 0 Å².